The number of fused-ring (bicyclic) bond motifs is 24. The third-order valence-electron chi connectivity index (χ3n) is 13.7. The molecule has 3 aliphatic rings. The van der Waals surface area contributed by atoms with E-state index in [0.717, 1.165) is 144 Å². The number of aromatic nitrogens is 12. The Balaban J connectivity index is 0.000000186. The SMILES string of the molecule is C1=NCCCN=Cc2ccc([n-]2)-c2nc3ccccc3nc2-c2ccc1[n-]2.CC1(C)CN=Cc2ccc([n-]2)-c2nc3ccccc3nc2-c2ccc([n-]2)C=NC1.ClC1CN=Cc2ccc([n-]2)-c2nc3ccccc3nc2-c2ccc([n-]2)C=NC1.[Au].[Au].[Au].[CH3-].[CH3-].[CH3-]. The Morgan fingerprint density at radius 1 is 0.322 bits per heavy atom. The van der Waals surface area contributed by atoms with Crippen LogP contribution in [0.5, 0.6) is 0 Å². The fraction of sp³-hybridized carbons (Fsp3) is 0.162. The predicted octanol–water partition coefficient (Wildman–Crippen LogP) is 11.6. The summed E-state index contributed by atoms with van der Waals surface area (Å²) in [6, 6.07) is 46.8. The van der Waals surface area contributed by atoms with Crippen LogP contribution in [0.15, 0.2) is 176 Å². The average Bonchev–Trinajstić information content (AvgIpc) is 1.69. The molecule has 9 aromatic heterocycles. The van der Waals surface area contributed by atoms with Crippen molar-refractivity contribution < 1.29 is 67.1 Å². The molecule has 3 aliphatic heterocycles. The van der Waals surface area contributed by atoms with Crippen LogP contribution in [0.25, 0.3) is 101 Å². The first-order valence-electron chi connectivity index (χ1n) is 27.5. The van der Waals surface area contributed by atoms with Crippen molar-refractivity contribution in [2.24, 2.45) is 35.4 Å². The number of nitrogens with zero attached hydrogens (tertiary/aromatic N) is 18. The van der Waals surface area contributed by atoms with Crippen LogP contribution in [0.4, 0.5) is 0 Å². The molecule has 0 spiro atoms. The molecule has 18 nitrogen and oxygen atoms in total. The molecule has 90 heavy (non-hydrogen) atoms. The molecule has 0 N–H and O–H groups in total. The average molecular weight is 1760 g/mol. The molecule has 0 atom stereocenters. The van der Waals surface area contributed by atoms with Crippen molar-refractivity contribution in [3.05, 3.63) is 202 Å². The molecule has 0 unspecified atom stereocenters. The summed E-state index contributed by atoms with van der Waals surface area (Å²) in [5.74, 6) is 0. The molecule has 22 heteroatoms. The summed E-state index contributed by atoms with van der Waals surface area (Å²) in [6.45, 7) is 8.05. The van der Waals surface area contributed by atoms with E-state index in [4.69, 9.17) is 51.5 Å². The summed E-state index contributed by atoms with van der Waals surface area (Å²) >= 11 is 6.28. The van der Waals surface area contributed by atoms with Crippen LogP contribution in [0.2, 0.25) is 0 Å². The fourth-order valence-corrected chi connectivity index (χ4v) is 9.69. The van der Waals surface area contributed by atoms with Gasteiger partial charge in [0.25, 0.3) is 0 Å². The summed E-state index contributed by atoms with van der Waals surface area (Å²) in [6.07, 6.45) is 11.6. The molecule has 0 amide bonds. The maximum absolute atomic E-state index is 6.28. The van der Waals surface area contributed by atoms with Crippen molar-refractivity contribution >= 4 is 82.0 Å². The smallest absolute Gasteiger partial charge is 0.0894 e. The number of hydrogen-bond acceptors (Lipinski definition) is 12. The van der Waals surface area contributed by atoms with Gasteiger partial charge in [-0.15, -0.1) is 79.9 Å². The van der Waals surface area contributed by atoms with Crippen LogP contribution in [0.3, 0.4) is 0 Å². The van der Waals surface area contributed by atoms with E-state index in [-0.39, 0.29) is 100 Å². The topological polar surface area (TPSA) is 236 Å². The Hall–Kier alpha value is -8.11. The van der Waals surface area contributed by atoms with Gasteiger partial charge in [0.1, 0.15) is 0 Å². The molecule has 0 saturated heterocycles. The standard InChI is InChI=1S/C23H20N6.C21H15ClN6.C21H16N6.3CH3.3Au/c1-23(2)13-24-11-15-7-9-19(26-15)21-22(20-10-8-16(27-20)12-25-14-23)29-18-6-4-3-5-17(18)28-21;22-13-9-23-11-14-5-7-18(25-14)20-21(19-8-6-15(26-19)12-24-10-13)28-17-4-2-1-3-16(17)27-20;1-2-5-17-16(4-1)26-20-18-8-6-14(24-18)12-22-10-3-11-23-13-15-7-9-19(25-15)21(20)27-17;;;;;;/h3-12H,13-14H2,1-2H3;1-8,11-13H,9-10H2;1-2,4-9,12-13H,3,10-11H2;3*1H3;;;/q3*-2;3*-1;;;. The maximum atomic E-state index is 6.28. The van der Waals surface area contributed by atoms with Crippen molar-refractivity contribution in [3.63, 3.8) is 0 Å². The summed E-state index contributed by atoms with van der Waals surface area (Å²) in [5, 5.41) is -0.174. The van der Waals surface area contributed by atoms with Crippen LogP contribution in [0, 0.1) is 27.7 Å². The van der Waals surface area contributed by atoms with Crippen LogP contribution in [-0.4, -0.2) is 112 Å². The van der Waals surface area contributed by atoms with E-state index in [9.17, 15) is 0 Å². The van der Waals surface area contributed by atoms with Gasteiger partial charge in [-0.1, -0.05) is 123 Å². The molecule has 3 aromatic carbocycles. The Morgan fingerprint density at radius 3 is 0.789 bits per heavy atom. The second-order valence-corrected chi connectivity index (χ2v) is 21.5. The van der Waals surface area contributed by atoms with E-state index >= 15 is 0 Å². The number of para-hydroxylation sites is 6. The summed E-state index contributed by atoms with van der Waals surface area (Å²) in [4.78, 5) is 84.0. The second kappa shape index (κ2) is 31.6. The van der Waals surface area contributed by atoms with Crippen molar-refractivity contribution in [2.45, 2.75) is 25.6 Å². The number of halogens is 1. The summed E-state index contributed by atoms with van der Waals surface area (Å²) < 4.78 is 0. The number of rotatable bonds is 0. The van der Waals surface area contributed by atoms with Crippen LogP contribution < -0.4 is 29.9 Å². The normalized spacial score (nSPS) is 14.4. The van der Waals surface area contributed by atoms with Gasteiger partial charge in [0, 0.05) is 136 Å². The summed E-state index contributed by atoms with van der Waals surface area (Å²) in [7, 11) is 0. The first kappa shape index (κ1) is 69.4. The van der Waals surface area contributed by atoms with E-state index in [1.807, 2.05) is 158 Å². The van der Waals surface area contributed by atoms with E-state index in [0.29, 0.717) is 37.6 Å². The number of aliphatic imine (C=N–C) groups is 6. The van der Waals surface area contributed by atoms with E-state index in [2.05, 4.69) is 63.7 Å². The molecule has 12 bridgehead atoms. The van der Waals surface area contributed by atoms with Crippen molar-refractivity contribution in [1.82, 2.24) is 59.8 Å². The van der Waals surface area contributed by atoms with Crippen molar-refractivity contribution in [3.8, 4) is 68.3 Å². The Labute approximate surface area is 574 Å². The van der Waals surface area contributed by atoms with Crippen LogP contribution in [0.1, 0.15) is 54.4 Å². The van der Waals surface area contributed by atoms with Gasteiger partial charge in [-0.05, 0) is 42.8 Å². The third-order valence-corrected chi connectivity index (χ3v) is 14.0. The van der Waals surface area contributed by atoms with Gasteiger partial charge in [0.05, 0.1) is 85.7 Å². The molecule has 3 radical (unpaired) electrons. The van der Waals surface area contributed by atoms with Crippen molar-refractivity contribution in [1.29, 1.82) is 0 Å². The minimum atomic E-state index is -0.174. The van der Waals surface area contributed by atoms with Gasteiger partial charge in [-0.2, -0.15) is 0 Å². The Kier molecular flexibility index (Phi) is 24.3. The van der Waals surface area contributed by atoms with Gasteiger partial charge < -0.3 is 52.2 Å². The van der Waals surface area contributed by atoms with E-state index in [1.165, 1.54) is 0 Å². The number of alkyl halides is 1. The third kappa shape index (κ3) is 16.3. The molecule has 12 heterocycles. The maximum Gasteiger partial charge on any atom is 0.0894 e. The monoisotopic (exact) mass is 1750 g/mol. The minimum Gasteiger partial charge on any atom is -0.655 e. The van der Waals surface area contributed by atoms with Gasteiger partial charge >= 0.3 is 0 Å². The summed E-state index contributed by atoms with van der Waals surface area (Å²) in [5.41, 5.74) is 18.6. The van der Waals surface area contributed by atoms with Gasteiger partial charge in [-0.25, -0.2) is 29.9 Å². The molecule has 471 valence electrons. The zero-order valence-electron chi connectivity index (χ0n) is 49.7. The van der Waals surface area contributed by atoms with Crippen LogP contribution in [-0.2, 0) is 67.1 Å². The zero-order valence-corrected chi connectivity index (χ0v) is 56.9. The molecule has 0 fully saturated rings. The first-order valence-corrected chi connectivity index (χ1v) is 27.9. The van der Waals surface area contributed by atoms with E-state index < -0.39 is 0 Å². The molecule has 0 saturated carbocycles. The zero-order chi connectivity index (χ0) is 56.8. The molecule has 15 rings (SSSR count). The molecular weight excluding hydrogens is 1700 g/mol. The molecule has 0 aliphatic carbocycles. The first-order chi connectivity index (χ1) is 41.2. The number of benzene rings is 3. The second-order valence-electron chi connectivity index (χ2n) is 20.9. The van der Waals surface area contributed by atoms with Gasteiger partial charge in [0.2, 0.25) is 0 Å². The quantitative estimate of drug-likeness (QED) is 0.0783. The Morgan fingerprint density at radius 2 is 0.544 bits per heavy atom. The van der Waals surface area contributed by atoms with E-state index in [1.54, 1.807) is 24.9 Å². The Bertz CT molecular complexity index is 4260. The van der Waals surface area contributed by atoms with Gasteiger partial charge in [0.15, 0.2) is 0 Å². The predicted molar refractivity (Wildman–Crippen MR) is 353 cm³/mol. The molecular formula is C68H60Au3ClN18-9. The largest absolute Gasteiger partial charge is 0.655 e. The van der Waals surface area contributed by atoms with Crippen LogP contribution >= 0.6 is 11.6 Å². The number of hydrogen-bond donors (Lipinski definition) is 0. The van der Waals surface area contributed by atoms with Gasteiger partial charge in [-0.3, -0.25) is 30.0 Å². The fourth-order valence-electron chi connectivity index (χ4n) is 9.53. The minimum absolute atomic E-state index is 0. The molecule has 12 aromatic rings. The van der Waals surface area contributed by atoms with Crippen molar-refractivity contribution in [2.75, 3.05) is 39.3 Å².